The molecule has 0 saturated heterocycles. The number of carbonyl (C=O) groups excluding carboxylic acids is 1. The van der Waals surface area contributed by atoms with E-state index in [9.17, 15) is 4.79 Å². The minimum atomic E-state index is -0.303. The average Bonchev–Trinajstić information content (AvgIpc) is 2.72. The Hall–Kier alpha value is -1.31. The van der Waals surface area contributed by atoms with E-state index in [1.165, 1.54) is 18.4 Å². The minimum absolute atomic E-state index is 0.303. The maximum Gasteiger partial charge on any atom is 0.348 e. The molecular weight excluding hydrogens is 210 g/mol. The Morgan fingerprint density at radius 1 is 1.60 bits per heavy atom. The molecule has 0 atom stereocenters. The topological polar surface area (TPSA) is 38.3 Å². The molecule has 1 rings (SSSR count). The summed E-state index contributed by atoms with van der Waals surface area (Å²) in [4.78, 5) is 12.6. The van der Waals surface area contributed by atoms with Gasteiger partial charge in [0, 0.05) is 13.0 Å². The lowest BCUT2D eigenvalue weighted by Crippen LogP contribution is -2.05. The van der Waals surface area contributed by atoms with Crippen molar-refractivity contribution in [1.82, 2.24) is 5.32 Å². The van der Waals surface area contributed by atoms with Crippen LogP contribution < -0.4 is 5.32 Å². The highest BCUT2D eigenvalue weighted by Gasteiger charge is 2.07. The van der Waals surface area contributed by atoms with E-state index in [4.69, 9.17) is 0 Å². The summed E-state index contributed by atoms with van der Waals surface area (Å²) in [5.41, 5.74) is 0. The minimum Gasteiger partial charge on any atom is -0.465 e. The molecule has 0 aliphatic rings. The lowest BCUT2D eigenvalue weighted by molar-refractivity contribution is 0.0606. The fraction of sp³-hybridized carbons (Fsp3) is 0.364. The first-order chi connectivity index (χ1) is 7.27. The number of carbonyl (C=O) groups is 1. The van der Waals surface area contributed by atoms with E-state index in [1.807, 2.05) is 13.1 Å². The molecule has 0 aromatic carbocycles. The molecule has 80 valence electrons. The van der Waals surface area contributed by atoms with E-state index in [0.29, 0.717) is 4.88 Å². The van der Waals surface area contributed by atoms with Crippen LogP contribution in [0.5, 0.6) is 0 Å². The first-order valence-electron chi connectivity index (χ1n) is 4.59. The third kappa shape index (κ3) is 3.74. The van der Waals surface area contributed by atoms with Crippen LogP contribution in [-0.2, 0) is 4.74 Å². The number of rotatable bonds is 3. The second-order valence-corrected chi connectivity index (χ2v) is 3.89. The normalized spacial score (nSPS) is 9.20. The van der Waals surface area contributed by atoms with Gasteiger partial charge in [0.05, 0.1) is 12.0 Å². The number of esters is 1. The van der Waals surface area contributed by atoms with Crippen molar-refractivity contribution in [2.24, 2.45) is 0 Å². The van der Waals surface area contributed by atoms with Crippen molar-refractivity contribution in [3.05, 3.63) is 21.9 Å². The Balaban J connectivity index is 2.59. The van der Waals surface area contributed by atoms with Gasteiger partial charge in [-0.1, -0.05) is 11.8 Å². The molecule has 1 heterocycles. The largest absolute Gasteiger partial charge is 0.465 e. The van der Waals surface area contributed by atoms with Crippen LogP contribution in [0.1, 0.15) is 21.0 Å². The summed E-state index contributed by atoms with van der Waals surface area (Å²) >= 11 is 1.36. The smallest absolute Gasteiger partial charge is 0.348 e. The maximum absolute atomic E-state index is 11.1. The van der Waals surface area contributed by atoms with E-state index in [-0.39, 0.29) is 5.97 Å². The molecule has 1 aromatic rings. The van der Waals surface area contributed by atoms with Gasteiger partial charge < -0.3 is 10.1 Å². The number of thiophene rings is 1. The summed E-state index contributed by atoms with van der Waals surface area (Å²) < 4.78 is 4.61. The standard InChI is InChI=1S/C11H13NO2S/c1-12-8-4-3-5-9-6-7-10(15-9)11(13)14-2/h6-7,12H,4,8H2,1-2H3. The second kappa shape index (κ2) is 6.23. The van der Waals surface area contributed by atoms with Crippen LogP contribution in [0.4, 0.5) is 0 Å². The molecule has 1 N–H and O–H groups in total. The zero-order chi connectivity index (χ0) is 11.1. The van der Waals surface area contributed by atoms with Gasteiger partial charge in [0.1, 0.15) is 4.88 Å². The molecular formula is C11H13NO2S. The van der Waals surface area contributed by atoms with Crippen LogP contribution in [0, 0.1) is 11.8 Å². The summed E-state index contributed by atoms with van der Waals surface area (Å²) in [5.74, 6) is 5.72. The van der Waals surface area contributed by atoms with Crippen LogP contribution >= 0.6 is 11.3 Å². The van der Waals surface area contributed by atoms with Gasteiger partial charge in [-0.2, -0.15) is 0 Å². The second-order valence-electron chi connectivity index (χ2n) is 2.81. The van der Waals surface area contributed by atoms with Gasteiger partial charge in [0.25, 0.3) is 0 Å². The first kappa shape index (κ1) is 11.8. The number of nitrogens with one attached hydrogen (secondary N) is 1. The van der Waals surface area contributed by atoms with Crippen molar-refractivity contribution < 1.29 is 9.53 Å². The molecule has 0 aliphatic carbocycles. The van der Waals surface area contributed by atoms with E-state index in [1.54, 1.807) is 6.07 Å². The van der Waals surface area contributed by atoms with E-state index in [2.05, 4.69) is 21.9 Å². The number of hydrogen-bond donors (Lipinski definition) is 1. The monoisotopic (exact) mass is 223 g/mol. The van der Waals surface area contributed by atoms with Crippen molar-refractivity contribution in [3.8, 4) is 11.8 Å². The van der Waals surface area contributed by atoms with Crippen molar-refractivity contribution in [1.29, 1.82) is 0 Å². The first-order valence-corrected chi connectivity index (χ1v) is 5.41. The van der Waals surface area contributed by atoms with Crippen LogP contribution in [0.3, 0.4) is 0 Å². The van der Waals surface area contributed by atoms with Gasteiger partial charge >= 0.3 is 5.97 Å². The highest BCUT2D eigenvalue weighted by molar-refractivity contribution is 7.14. The predicted octanol–water partition coefficient (Wildman–Crippen LogP) is 1.50. The predicted molar refractivity (Wildman–Crippen MR) is 61.1 cm³/mol. The molecule has 15 heavy (non-hydrogen) atoms. The molecule has 0 fully saturated rings. The van der Waals surface area contributed by atoms with E-state index >= 15 is 0 Å². The Labute approximate surface area is 93.5 Å². The van der Waals surface area contributed by atoms with Gasteiger partial charge in [-0.15, -0.1) is 11.3 Å². The molecule has 0 saturated carbocycles. The quantitative estimate of drug-likeness (QED) is 0.479. The van der Waals surface area contributed by atoms with Crippen molar-refractivity contribution in [3.63, 3.8) is 0 Å². The Kier molecular flexibility index (Phi) is 4.88. The lowest BCUT2D eigenvalue weighted by Gasteiger charge is -1.90. The van der Waals surface area contributed by atoms with Gasteiger partial charge in [-0.3, -0.25) is 0 Å². The maximum atomic E-state index is 11.1. The molecule has 4 heteroatoms. The molecule has 0 spiro atoms. The molecule has 0 unspecified atom stereocenters. The third-order valence-corrected chi connectivity index (χ3v) is 2.68. The molecule has 0 amide bonds. The summed E-state index contributed by atoms with van der Waals surface area (Å²) in [6.45, 7) is 0.877. The molecule has 3 nitrogen and oxygen atoms in total. The zero-order valence-electron chi connectivity index (χ0n) is 8.79. The summed E-state index contributed by atoms with van der Waals surface area (Å²) in [5, 5.41) is 3.01. The average molecular weight is 223 g/mol. The number of hydrogen-bond acceptors (Lipinski definition) is 4. The molecule has 0 aliphatic heterocycles. The highest BCUT2D eigenvalue weighted by atomic mass is 32.1. The van der Waals surface area contributed by atoms with Crippen molar-refractivity contribution in [2.75, 3.05) is 20.7 Å². The van der Waals surface area contributed by atoms with Crippen molar-refractivity contribution in [2.45, 2.75) is 6.42 Å². The lowest BCUT2D eigenvalue weighted by atomic mass is 10.4. The molecule has 0 radical (unpaired) electrons. The molecule has 0 bridgehead atoms. The summed E-state index contributed by atoms with van der Waals surface area (Å²) in [6, 6.07) is 3.57. The van der Waals surface area contributed by atoms with Crippen LogP contribution in [-0.4, -0.2) is 26.7 Å². The number of methoxy groups -OCH3 is 1. The Bertz CT molecular complexity index is 387. The van der Waals surface area contributed by atoms with Gasteiger partial charge in [0.15, 0.2) is 0 Å². The highest BCUT2D eigenvalue weighted by Crippen LogP contribution is 2.15. The number of ether oxygens (including phenoxy) is 1. The summed E-state index contributed by atoms with van der Waals surface area (Å²) in [6.07, 6.45) is 0.807. The van der Waals surface area contributed by atoms with Gasteiger partial charge in [-0.05, 0) is 19.2 Å². The van der Waals surface area contributed by atoms with Gasteiger partial charge in [0.2, 0.25) is 0 Å². The Morgan fingerprint density at radius 2 is 2.40 bits per heavy atom. The fourth-order valence-electron chi connectivity index (χ4n) is 0.952. The summed E-state index contributed by atoms with van der Waals surface area (Å²) in [7, 11) is 3.27. The molecule has 1 aromatic heterocycles. The van der Waals surface area contributed by atoms with Crippen LogP contribution in [0.2, 0.25) is 0 Å². The van der Waals surface area contributed by atoms with Crippen LogP contribution in [0.25, 0.3) is 0 Å². The van der Waals surface area contributed by atoms with Crippen molar-refractivity contribution >= 4 is 17.3 Å². The van der Waals surface area contributed by atoms with E-state index in [0.717, 1.165) is 17.8 Å². The third-order valence-electron chi connectivity index (χ3n) is 1.70. The van der Waals surface area contributed by atoms with Gasteiger partial charge in [-0.25, -0.2) is 4.79 Å². The van der Waals surface area contributed by atoms with Crippen LogP contribution in [0.15, 0.2) is 12.1 Å². The fourth-order valence-corrected chi connectivity index (χ4v) is 1.75. The zero-order valence-corrected chi connectivity index (χ0v) is 9.61. The SMILES string of the molecule is CNCCC#Cc1ccc(C(=O)OC)s1. The Morgan fingerprint density at radius 3 is 3.07 bits per heavy atom. The van der Waals surface area contributed by atoms with E-state index < -0.39 is 0 Å².